The fourth-order valence-corrected chi connectivity index (χ4v) is 3.95. The summed E-state index contributed by atoms with van der Waals surface area (Å²) in [5, 5.41) is 12.2. The van der Waals surface area contributed by atoms with Crippen LogP contribution in [0.5, 0.6) is 0 Å². The molecular formula is C18H20N2O3S. The number of rotatable bonds is 4. The van der Waals surface area contributed by atoms with E-state index >= 15 is 0 Å². The van der Waals surface area contributed by atoms with Gasteiger partial charge in [-0.1, -0.05) is 44.2 Å². The van der Waals surface area contributed by atoms with E-state index < -0.39 is 11.4 Å². The molecule has 1 aliphatic rings. The molecule has 126 valence electrons. The molecule has 1 aliphatic heterocycles. The molecule has 2 aromatic rings. The number of carbonyl (C=O) groups is 2. The van der Waals surface area contributed by atoms with Gasteiger partial charge in [0, 0.05) is 24.0 Å². The molecule has 3 rings (SSSR count). The van der Waals surface area contributed by atoms with Crippen LogP contribution >= 0.6 is 11.3 Å². The van der Waals surface area contributed by atoms with Crippen molar-refractivity contribution in [1.29, 1.82) is 0 Å². The van der Waals surface area contributed by atoms with Gasteiger partial charge in [-0.15, -0.1) is 11.3 Å². The maximum Gasteiger partial charge on any atom is 0.311 e. The van der Waals surface area contributed by atoms with Crippen molar-refractivity contribution in [1.82, 2.24) is 9.88 Å². The number of thiazole rings is 1. The maximum absolute atomic E-state index is 12.7. The van der Waals surface area contributed by atoms with Crippen molar-refractivity contribution in [3.8, 4) is 10.6 Å². The van der Waals surface area contributed by atoms with Gasteiger partial charge in [0.05, 0.1) is 5.41 Å². The summed E-state index contributed by atoms with van der Waals surface area (Å²) < 4.78 is 0. The van der Waals surface area contributed by atoms with Crippen molar-refractivity contribution in [2.45, 2.75) is 20.3 Å². The number of nitrogens with zero attached hydrogens (tertiary/aromatic N) is 2. The number of aliphatic carboxylic acids is 1. The number of benzene rings is 1. The van der Waals surface area contributed by atoms with Gasteiger partial charge in [0.25, 0.3) is 5.91 Å². The van der Waals surface area contributed by atoms with Crippen LogP contribution in [0.3, 0.4) is 0 Å². The monoisotopic (exact) mass is 344 g/mol. The van der Waals surface area contributed by atoms with Gasteiger partial charge in [-0.05, 0) is 12.3 Å². The van der Waals surface area contributed by atoms with E-state index in [-0.39, 0.29) is 18.4 Å². The normalized spacial score (nSPS) is 20.5. The number of carbonyl (C=O) groups excluding carboxylic acids is 1. The minimum Gasteiger partial charge on any atom is -0.481 e. The Morgan fingerprint density at radius 1 is 1.29 bits per heavy atom. The van der Waals surface area contributed by atoms with Crippen molar-refractivity contribution in [3.63, 3.8) is 0 Å². The van der Waals surface area contributed by atoms with Crippen molar-refractivity contribution >= 4 is 23.2 Å². The number of carboxylic acids is 1. The first-order chi connectivity index (χ1) is 11.4. The van der Waals surface area contributed by atoms with Gasteiger partial charge in [-0.2, -0.15) is 0 Å². The molecule has 1 saturated heterocycles. The Kier molecular flexibility index (Phi) is 4.41. The molecule has 0 saturated carbocycles. The van der Waals surface area contributed by atoms with Crippen LogP contribution in [0.4, 0.5) is 0 Å². The minimum atomic E-state index is -0.853. The lowest BCUT2D eigenvalue weighted by molar-refractivity contribution is -0.150. The molecular weight excluding hydrogens is 324 g/mol. The molecule has 1 aromatic carbocycles. The predicted octanol–water partition coefficient (Wildman–Crippen LogP) is 3.38. The van der Waals surface area contributed by atoms with E-state index in [4.69, 9.17) is 0 Å². The highest BCUT2D eigenvalue weighted by molar-refractivity contribution is 7.13. The Labute approximate surface area is 145 Å². The third-order valence-electron chi connectivity index (χ3n) is 4.86. The summed E-state index contributed by atoms with van der Waals surface area (Å²) in [6.45, 7) is 4.51. The van der Waals surface area contributed by atoms with Crippen LogP contribution < -0.4 is 0 Å². The van der Waals surface area contributed by atoms with E-state index in [9.17, 15) is 14.7 Å². The fraction of sp³-hybridized carbons (Fsp3) is 0.389. The molecule has 1 unspecified atom stereocenters. The predicted molar refractivity (Wildman–Crippen MR) is 93.0 cm³/mol. The highest BCUT2D eigenvalue weighted by Crippen LogP contribution is 2.38. The molecule has 0 aliphatic carbocycles. The SMILES string of the molecule is CC(C)C1(C(=O)O)CCN(C(=O)c2csc(-c3ccccc3)n2)C1. The summed E-state index contributed by atoms with van der Waals surface area (Å²) in [6, 6.07) is 9.71. The minimum absolute atomic E-state index is 0.0249. The zero-order valence-corrected chi connectivity index (χ0v) is 14.5. The first kappa shape index (κ1) is 16.6. The molecule has 0 bridgehead atoms. The van der Waals surface area contributed by atoms with E-state index in [0.29, 0.717) is 18.7 Å². The maximum atomic E-state index is 12.7. The molecule has 1 fully saturated rings. The van der Waals surface area contributed by atoms with Gasteiger partial charge < -0.3 is 10.0 Å². The Hall–Kier alpha value is -2.21. The summed E-state index contributed by atoms with van der Waals surface area (Å²) in [7, 11) is 0. The molecule has 1 N–H and O–H groups in total. The van der Waals surface area contributed by atoms with E-state index in [1.807, 2.05) is 44.2 Å². The van der Waals surface area contributed by atoms with E-state index in [0.717, 1.165) is 10.6 Å². The van der Waals surface area contributed by atoms with Crippen LogP contribution in [0.25, 0.3) is 10.6 Å². The standard InChI is InChI=1S/C18H20N2O3S/c1-12(2)18(17(22)23)8-9-20(11-18)16(21)14-10-24-15(19-14)13-6-4-3-5-7-13/h3-7,10,12H,8-9,11H2,1-2H3,(H,22,23). The first-order valence-corrected chi connectivity index (χ1v) is 8.85. The number of hydrogen-bond acceptors (Lipinski definition) is 4. The van der Waals surface area contributed by atoms with Crippen LogP contribution in [0, 0.1) is 11.3 Å². The van der Waals surface area contributed by atoms with Gasteiger partial charge in [-0.3, -0.25) is 9.59 Å². The Balaban J connectivity index is 1.79. The fourth-order valence-electron chi connectivity index (χ4n) is 3.15. The average molecular weight is 344 g/mol. The summed E-state index contributed by atoms with van der Waals surface area (Å²) in [5.41, 5.74) is 0.516. The second-order valence-corrected chi connectivity index (χ2v) is 7.35. The van der Waals surface area contributed by atoms with Gasteiger partial charge in [-0.25, -0.2) is 4.98 Å². The van der Waals surface area contributed by atoms with E-state index in [1.165, 1.54) is 11.3 Å². The lowest BCUT2D eigenvalue weighted by atomic mass is 9.76. The van der Waals surface area contributed by atoms with Gasteiger partial charge in [0.1, 0.15) is 10.7 Å². The number of aromatic nitrogens is 1. The lowest BCUT2D eigenvalue weighted by Gasteiger charge is -2.28. The summed E-state index contributed by atoms with van der Waals surface area (Å²) >= 11 is 1.43. The molecule has 1 aromatic heterocycles. The lowest BCUT2D eigenvalue weighted by Crippen LogP contribution is -2.40. The van der Waals surface area contributed by atoms with Crippen molar-refractivity contribution in [2.24, 2.45) is 11.3 Å². The molecule has 1 atom stereocenters. The number of likely N-dealkylation sites (tertiary alicyclic amines) is 1. The third kappa shape index (κ3) is 2.82. The number of carboxylic acid groups (broad SMARTS) is 1. The third-order valence-corrected chi connectivity index (χ3v) is 5.75. The zero-order chi connectivity index (χ0) is 17.3. The van der Waals surface area contributed by atoms with Gasteiger partial charge in [0.15, 0.2) is 0 Å². The Morgan fingerprint density at radius 3 is 2.58 bits per heavy atom. The zero-order valence-electron chi connectivity index (χ0n) is 13.7. The van der Waals surface area contributed by atoms with Crippen LogP contribution in [0.2, 0.25) is 0 Å². The van der Waals surface area contributed by atoms with Crippen LogP contribution in [-0.4, -0.2) is 40.0 Å². The molecule has 6 heteroatoms. The highest BCUT2D eigenvalue weighted by Gasteiger charge is 2.48. The largest absolute Gasteiger partial charge is 0.481 e. The number of amides is 1. The topological polar surface area (TPSA) is 70.5 Å². The smallest absolute Gasteiger partial charge is 0.311 e. The molecule has 0 spiro atoms. The second-order valence-electron chi connectivity index (χ2n) is 6.50. The van der Waals surface area contributed by atoms with Crippen LogP contribution in [-0.2, 0) is 4.79 Å². The molecule has 24 heavy (non-hydrogen) atoms. The summed E-state index contributed by atoms with van der Waals surface area (Å²) in [4.78, 5) is 30.5. The van der Waals surface area contributed by atoms with E-state index in [2.05, 4.69) is 4.98 Å². The molecule has 1 amide bonds. The van der Waals surface area contributed by atoms with Crippen LogP contribution in [0.15, 0.2) is 35.7 Å². The highest BCUT2D eigenvalue weighted by atomic mass is 32.1. The quantitative estimate of drug-likeness (QED) is 0.923. The molecule has 2 heterocycles. The Bertz CT molecular complexity index is 757. The summed E-state index contributed by atoms with van der Waals surface area (Å²) in [5.74, 6) is -1.03. The van der Waals surface area contributed by atoms with Crippen molar-refractivity contribution in [3.05, 3.63) is 41.4 Å². The van der Waals surface area contributed by atoms with E-state index in [1.54, 1.807) is 10.3 Å². The molecule has 5 nitrogen and oxygen atoms in total. The molecule has 0 radical (unpaired) electrons. The number of hydrogen-bond donors (Lipinski definition) is 1. The van der Waals surface area contributed by atoms with Gasteiger partial charge >= 0.3 is 5.97 Å². The Morgan fingerprint density at radius 2 is 2.00 bits per heavy atom. The average Bonchev–Trinajstić information content (AvgIpc) is 3.23. The van der Waals surface area contributed by atoms with Crippen molar-refractivity contribution < 1.29 is 14.7 Å². The van der Waals surface area contributed by atoms with Crippen LogP contribution in [0.1, 0.15) is 30.8 Å². The van der Waals surface area contributed by atoms with Crippen molar-refractivity contribution in [2.75, 3.05) is 13.1 Å². The first-order valence-electron chi connectivity index (χ1n) is 7.97. The van der Waals surface area contributed by atoms with Gasteiger partial charge in [0.2, 0.25) is 0 Å². The summed E-state index contributed by atoms with van der Waals surface area (Å²) in [6.07, 6.45) is 0.488. The second kappa shape index (κ2) is 6.36.